The van der Waals surface area contributed by atoms with E-state index in [1.54, 1.807) is 0 Å². The lowest BCUT2D eigenvalue weighted by Gasteiger charge is -2.29. The summed E-state index contributed by atoms with van der Waals surface area (Å²) >= 11 is 0. The number of aryl methyl sites for hydroxylation is 2. The maximum Gasteiger partial charge on any atom is 0.252 e. The van der Waals surface area contributed by atoms with E-state index in [4.69, 9.17) is 0 Å². The van der Waals surface area contributed by atoms with Crippen LogP contribution in [0.15, 0.2) is 23.0 Å². The molecular weight excluding hydrogens is 400 g/mol. The van der Waals surface area contributed by atoms with Crippen molar-refractivity contribution in [2.24, 2.45) is 0 Å². The number of aromatic nitrogens is 5. The van der Waals surface area contributed by atoms with Crippen molar-refractivity contribution in [1.82, 2.24) is 30.1 Å². The van der Waals surface area contributed by atoms with E-state index >= 15 is 0 Å². The van der Waals surface area contributed by atoms with Gasteiger partial charge in [-0.15, -0.1) is 5.10 Å². The minimum absolute atomic E-state index is 0.00984. The van der Waals surface area contributed by atoms with Gasteiger partial charge in [0.05, 0.1) is 12.6 Å². The van der Waals surface area contributed by atoms with E-state index in [1.165, 1.54) is 56.1 Å². The van der Waals surface area contributed by atoms with Crippen LogP contribution in [0.1, 0.15) is 86.3 Å². The van der Waals surface area contributed by atoms with E-state index in [0.717, 1.165) is 35.1 Å². The van der Waals surface area contributed by atoms with Crippen LogP contribution in [0, 0.1) is 13.8 Å². The lowest BCUT2D eigenvalue weighted by Crippen LogP contribution is -2.35. The molecule has 0 amide bonds. The molecule has 1 N–H and O–H groups in total. The summed E-state index contributed by atoms with van der Waals surface area (Å²) < 4.78 is 2.07. The third-order valence-electron chi connectivity index (χ3n) is 7.58. The second kappa shape index (κ2) is 9.14. The summed E-state index contributed by atoms with van der Waals surface area (Å²) in [7, 11) is 0. The summed E-state index contributed by atoms with van der Waals surface area (Å²) in [5.41, 5.74) is 4.19. The van der Waals surface area contributed by atoms with Crippen LogP contribution in [-0.4, -0.2) is 36.1 Å². The van der Waals surface area contributed by atoms with E-state index in [0.29, 0.717) is 25.2 Å². The second-order valence-corrected chi connectivity index (χ2v) is 9.82. The first kappa shape index (κ1) is 21.3. The molecule has 2 aliphatic carbocycles. The number of nitrogens with zero attached hydrogens (tertiary/aromatic N) is 5. The van der Waals surface area contributed by atoms with Gasteiger partial charge in [0.1, 0.15) is 0 Å². The van der Waals surface area contributed by atoms with Gasteiger partial charge < -0.3 is 4.98 Å². The van der Waals surface area contributed by atoms with Crippen molar-refractivity contribution in [2.45, 2.75) is 96.8 Å². The van der Waals surface area contributed by atoms with E-state index < -0.39 is 0 Å². The molecule has 0 aliphatic heterocycles. The van der Waals surface area contributed by atoms with Crippen molar-refractivity contribution in [3.8, 4) is 0 Å². The second-order valence-electron chi connectivity index (χ2n) is 9.82. The van der Waals surface area contributed by atoms with E-state index in [1.807, 2.05) is 0 Å². The number of hydrogen-bond acceptors (Lipinski definition) is 5. The zero-order valence-electron chi connectivity index (χ0n) is 19.3. The fourth-order valence-electron chi connectivity index (χ4n) is 5.55. The third-order valence-corrected chi connectivity index (χ3v) is 7.58. The lowest BCUT2D eigenvalue weighted by atomic mass is 9.95. The maximum absolute atomic E-state index is 13.0. The van der Waals surface area contributed by atoms with Gasteiger partial charge in [0, 0.05) is 23.7 Å². The Morgan fingerprint density at radius 2 is 1.69 bits per heavy atom. The van der Waals surface area contributed by atoms with Crippen LogP contribution < -0.4 is 5.56 Å². The SMILES string of the molecule is Cc1cc2cc(CN(Cc3nnnn3C3CCCCC3)C3CCCC3)c(=O)[nH]c2cc1C. The molecule has 2 saturated carbocycles. The number of aromatic amines is 1. The van der Waals surface area contributed by atoms with E-state index in [-0.39, 0.29) is 5.56 Å². The highest BCUT2D eigenvalue weighted by atomic mass is 16.1. The predicted octanol–water partition coefficient (Wildman–Crippen LogP) is 4.58. The van der Waals surface area contributed by atoms with Crippen molar-refractivity contribution in [3.63, 3.8) is 0 Å². The Kier molecular flexibility index (Phi) is 6.09. The Morgan fingerprint density at radius 3 is 2.47 bits per heavy atom. The van der Waals surface area contributed by atoms with Gasteiger partial charge in [-0.3, -0.25) is 9.69 Å². The molecule has 3 aromatic rings. The van der Waals surface area contributed by atoms with Gasteiger partial charge in [-0.2, -0.15) is 0 Å². The van der Waals surface area contributed by atoms with Crippen LogP contribution in [0.2, 0.25) is 0 Å². The zero-order chi connectivity index (χ0) is 22.1. The molecule has 0 saturated heterocycles. The average molecular weight is 435 g/mol. The predicted molar refractivity (Wildman–Crippen MR) is 125 cm³/mol. The van der Waals surface area contributed by atoms with Crippen LogP contribution in [0.4, 0.5) is 0 Å². The van der Waals surface area contributed by atoms with Crippen LogP contribution >= 0.6 is 0 Å². The Balaban J connectivity index is 1.44. The minimum Gasteiger partial charge on any atom is -0.322 e. The molecule has 2 heterocycles. The quantitative estimate of drug-likeness (QED) is 0.614. The van der Waals surface area contributed by atoms with Crippen LogP contribution in [-0.2, 0) is 13.1 Å². The van der Waals surface area contributed by atoms with Crippen LogP contribution in [0.5, 0.6) is 0 Å². The topological polar surface area (TPSA) is 79.7 Å². The number of hydrogen-bond donors (Lipinski definition) is 1. The largest absolute Gasteiger partial charge is 0.322 e. The van der Waals surface area contributed by atoms with Crippen molar-refractivity contribution in [3.05, 3.63) is 51.1 Å². The molecule has 2 aromatic heterocycles. The molecule has 32 heavy (non-hydrogen) atoms. The highest BCUT2D eigenvalue weighted by Crippen LogP contribution is 2.30. The number of fused-ring (bicyclic) bond motifs is 1. The van der Waals surface area contributed by atoms with Gasteiger partial charge in [-0.25, -0.2) is 4.68 Å². The Hall–Kier alpha value is -2.54. The van der Waals surface area contributed by atoms with Gasteiger partial charge in [-0.05, 0) is 84.7 Å². The first-order valence-corrected chi connectivity index (χ1v) is 12.2. The average Bonchev–Trinajstić information content (AvgIpc) is 3.48. The lowest BCUT2D eigenvalue weighted by molar-refractivity contribution is 0.168. The molecule has 0 unspecified atom stereocenters. The summed E-state index contributed by atoms with van der Waals surface area (Å²) in [6, 6.07) is 7.21. The number of pyridine rings is 1. The standard InChI is InChI=1S/C25H34N6O/c1-17-12-19-14-20(25(32)26-23(19)13-18(17)2)15-30(21-8-6-7-9-21)16-24-27-28-29-31(24)22-10-4-3-5-11-22/h12-14,21-22H,3-11,15-16H2,1-2H3,(H,26,32). The van der Waals surface area contributed by atoms with Crippen molar-refractivity contribution in [1.29, 1.82) is 0 Å². The zero-order valence-corrected chi connectivity index (χ0v) is 19.3. The molecule has 0 atom stereocenters. The fraction of sp³-hybridized carbons (Fsp3) is 0.600. The van der Waals surface area contributed by atoms with Gasteiger partial charge in [0.15, 0.2) is 5.82 Å². The van der Waals surface area contributed by atoms with Crippen molar-refractivity contribution < 1.29 is 0 Å². The first-order chi connectivity index (χ1) is 15.6. The molecule has 2 aliphatic rings. The van der Waals surface area contributed by atoms with Gasteiger partial charge in [0.25, 0.3) is 5.56 Å². The number of H-pyrrole nitrogens is 1. The molecule has 5 rings (SSSR count). The number of nitrogens with one attached hydrogen (secondary N) is 1. The third kappa shape index (κ3) is 4.35. The number of rotatable bonds is 6. The molecule has 0 radical (unpaired) electrons. The molecule has 0 bridgehead atoms. The van der Waals surface area contributed by atoms with E-state index in [2.05, 4.69) is 62.1 Å². The van der Waals surface area contributed by atoms with Gasteiger partial charge in [-0.1, -0.05) is 32.1 Å². The summed E-state index contributed by atoms with van der Waals surface area (Å²) in [4.78, 5) is 18.5. The summed E-state index contributed by atoms with van der Waals surface area (Å²) in [5.74, 6) is 0.937. The molecule has 1 aromatic carbocycles. The van der Waals surface area contributed by atoms with E-state index in [9.17, 15) is 4.79 Å². The van der Waals surface area contributed by atoms with Crippen LogP contribution in [0.25, 0.3) is 10.9 Å². The summed E-state index contributed by atoms with van der Waals surface area (Å²) in [6.07, 6.45) is 11.0. The minimum atomic E-state index is 0.00984. The molecule has 7 nitrogen and oxygen atoms in total. The van der Waals surface area contributed by atoms with Crippen molar-refractivity contribution >= 4 is 10.9 Å². The fourth-order valence-corrected chi connectivity index (χ4v) is 5.55. The number of tetrazole rings is 1. The smallest absolute Gasteiger partial charge is 0.252 e. The monoisotopic (exact) mass is 434 g/mol. The normalized spacial score (nSPS) is 18.2. The Bertz CT molecular complexity index is 1140. The van der Waals surface area contributed by atoms with Crippen molar-refractivity contribution in [2.75, 3.05) is 0 Å². The Labute approximate surface area is 189 Å². The first-order valence-electron chi connectivity index (χ1n) is 12.2. The number of benzene rings is 1. The Morgan fingerprint density at radius 1 is 0.969 bits per heavy atom. The summed E-state index contributed by atoms with van der Waals surface area (Å²) in [6.45, 7) is 5.52. The maximum atomic E-state index is 13.0. The molecule has 2 fully saturated rings. The van der Waals surface area contributed by atoms with Crippen LogP contribution in [0.3, 0.4) is 0 Å². The van der Waals surface area contributed by atoms with Gasteiger partial charge >= 0.3 is 0 Å². The summed E-state index contributed by atoms with van der Waals surface area (Å²) in [5, 5.41) is 13.9. The van der Waals surface area contributed by atoms with Gasteiger partial charge in [0.2, 0.25) is 0 Å². The highest BCUT2D eigenvalue weighted by Gasteiger charge is 2.27. The molecule has 170 valence electrons. The molecule has 7 heteroatoms. The molecular formula is C25H34N6O. The molecule has 0 spiro atoms. The highest BCUT2D eigenvalue weighted by molar-refractivity contribution is 5.80.